The number of aromatic nitrogens is 1. The zero-order valence-corrected chi connectivity index (χ0v) is 11.8. The molecule has 1 aliphatic rings. The lowest BCUT2D eigenvalue weighted by Crippen LogP contribution is -2.44. The van der Waals surface area contributed by atoms with E-state index in [9.17, 15) is 0 Å². The molecular formula is C12H22N4S. The Labute approximate surface area is 107 Å². The van der Waals surface area contributed by atoms with E-state index in [-0.39, 0.29) is 0 Å². The molecule has 0 bridgehead atoms. The van der Waals surface area contributed by atoms with Crippen molar-refractivity contribution in [3.8, 4) is 0 Å². The van der Waals surface area contributed by atoms with E-state index in [0.717, 1.165) is 26.1 Å². The maximum absolute atomic E-state index is 5.78. The van der Waals surface area contributed by atoms with Gasteiger partial charge in [-0.1, -0.05) is 6.92 Å². The summed E-state index contributed by atoms with van der Waals surface area (Å²) in [6, 6.07) is 0.435. The summed E-state index contributed by atoms with van der Waals surface area (Å²) in [5.41, 5.74) is 6.97. The lowest BCUT2D eigenvalue weighted by molar-refractivity contribution is 0.115. The van der Waals surface area contributed by atoms with Crippen LogP contribution in [0.5, 0.6) is 0 Å². The van der Waals surface area contributed by atoms with Crippen molar-refractivity contribution in [2.75, 3.05) is 33.7 Å². The Morgan fingerprint density at radius 3 is 2.76 bits per heavy atom. The highest BCUT2D eigenvalue weighted by Crippen LogP contribution is 2.29. The fourth-order valence-corrected chi connectivity index (χ4v) is 3.45. The molecule has 4 nitrogen and oxygen atoms in total. The minimum Gasteiger partial charge on any atom is -0.326 e. The molecule has 0 saturated carbocycles. The Morgan fingerprint density at radius 1 is 1.41 bits per heavy atom. The monoisotopic (exact) mass is 254 g/mol. The number of aryl methyl sites for hydroxylation is 1. The number of hydrogen-bond donors (Lipinski definition) is 1. The molecule has 0 amide bonds. The van der Waals surface area contributed by atoms with Crippen molar-refractivity contribution in [3.05, 3.63) is 15.6 Å². The van der Waals surface area contributed by atoms with Gasteiger partial charge < -0.3 is 10.6 Å². The minimum absolute atomic E-state index is 0.435. The van der Waals surface area contributed by atoms with Crippen LogP contribution in [0.4, 0.5) is 0 Å². The number of hydrogen-bond acceptors (Lipinski definition) is 5. The van der Waals surface area contributed by atoms with Crippen LogP contribution in [0.1, 0.15) is 28.5 Å². The highest BCUT2D eigenvalue weighted by atomic mass is 32.1. The molecule has 0 radical (unpaired) electrons. The van der Waals surface area contributed by atoms with Gasteiger partial charge in [0.05, 0.1) is 11.7 Å². The molecule has 2 rings (SSSR count). The van der Waals surface area contributed by atoms with Crippen LogP contribution in [0.15, 0.2) is 0 Å². The molecule has 0 aliphatic carbocycles. The molecule has 17 heavy (non-hydrogen) atoms. The summed E-state index contributed by atoms with van der Waals surface area (Å²) in [5.74, 6) is 0. The van der Waals surface area contributed by atoms with Crippen molar-refractivity contribution in [2.24, 2.45) is 5.73 Å². The number of rotatable bonds is 3. The number of thiazole rings is 1. The van der Waals surface area contributed by atoms with Gasteiger partial charge in [0.15, 0.2) is 0 Å². The van der Waals surface area contributed by atoms with Crippen LogP contribution in [0.25, 0.3) is 0 Å². The minimum atomic E-state index is 0.435. The van der Waals surface area contributed by atoms with Crippen molar-refractivity contribution in [1.82, 2.24) is 14.8 Å². The third-order valence-electron chi connectivity index (χ3n) is 3.45. The quantitative estimate of drug-likeness (QED) is 0.877. The average molecular weight is 254 g/mol. The van der Waals surface area contributed by atoms with Crippen molar-refractivity contribution in [1.29, 1.82) is 0 Å². The van der Waals surface area contributed by atoms with Crippen molar-refractivity contribution in [2.45, 2.75) is 25.9 Å². The summed E-state index contributed by atoms with van der Waals surface area (Å²) in [6.07, 6.45) is 0.981. The molecule has 0 spiro atoms. The second-order valence-electron chi connectivity index (χ2n) is 4.74. The third-order valence-corrected chi connectivity index (χ3v) is 4.67. The Morgan fingerprint density at radius 2 is 2.18 bits per heavy atom. The molecule has 1 saturated heterocycles. The maximum atomic E-state index is 5.78. The van der Waals surface area contributed by atoms with Crippen LogP contribution < -0.4 is 5.73 Å². The summed E-state index contributed by atoms with van der Waals surface area (Å²) >= 11 is 1.79. The lowest BCUT2D eigenvalue weighted by Gasteiger charge is -2.36. The first-order valence-corrected chi connectivity index (χ1v) is 7.04. The molecule has 5 heteroatoms. The van der Waals surface area contributed by atoms with Crippen LogP contribution in [-0.2, 0) is 13.0 Å². The van der Waals surface area contributed by atoms with E-state index in [2.05, 4.69) is 30.8 Å². The van der Waals surface area contributed by atoms with Gasteiger partial charge in [0, 0.05) is 31.1 Å². The Balaban J connectivity index is 2.23. The smallest absolute Gasteiger partial charge is 0.112 e. The van der Waals surface area contributed by atoms with Gasteiger partial charge in [-0.25, -0.2) is 4.98 Å². The predicted molar refractivity (Wildman–Crippen MR) is 72.3 cm³/mol. The molecule has 2 N–H and O–H groups in total. The van der Waals surface area contributed by atoms with Crippen molar-refractivity contribution >= 4 is 11.3 Å². The molecular weight excluding hydrogens is 232 g/mol. The molecule has 96 valence electrons. The predicted octanol–water partition coefficient (Wildman–Crippen LogP) is 1.08. The van der Waals surface area contributed by atoms with Crippen LogP contribution in [0, 0.1) is 0 Å². The first kappa shape index (κ1) is 13.0. The summed E-state index contributed by atoms with van der Waals surface area (Å²) in [5, 5.41) is 1.23. The molecule has 1 atom stereocenters. The van der Waals surface area contributed by atoms with Crippen LogP contribution in [-0.4, -0.2) is 48.5 Å². The molecule has 1 aromatic rings. The Hall–Kier alpha value is -0.490. The van der Waals surface area contributed by atoms with E-state index in [1.807, 2.05) is 0 Å². The van der Waals surface area contributed by atoms with Gasteiger partial charge in [0.2, 0.25) is 0 Å². The molecule has 1 unspecified atom stereocenters. The first-order chi connectivity index (χ1) is 8.15. The largest absolute Gasteiger partial charge is 0.326 e. The summed E-state index contributed by atoms with van der Waals surface area (Å²) < 4.78 is 0. The van der Waals surface area contributed by atoms with Gasteiger partial charge >= 0.3 is 0 Å². The molecule has 1 aromatic heterocycles. The Bertz CT molecular complexity index is 355. The van der Waals surface area contributed by atoms with Crippen molar-refractivity contribution < 1.29 is 0 Å². The molecule has 1 fully saturated rings. The highest BCUT2D eigenvalue weighted by Gasteiger charge is 2.27. The number of nitrogens with two attached hydrogens (primary N) is 1. The van der Waals surface area contributed by atoms with Gasteiger partial charge in [-0.05, 0) is 20.5 Å². The fraction of sp³-hybridized carbons (Fsp3) is 0.750. The summed E-state index contributed by atoms with van der Waals surface area (Å²) in [7, 11) is 4.37. The van der Waals surface area contributed by atoms with Gasteiger partial charge in [-0.3, -0.25) is 4.90 Å². The average Bonchev–Trinajstić information content (AvgIpc) is 2.75. The normalized spacial score (nSPS) is 23.2. The van der Waals surface area contributed by atoms with E-state index in [1.165, 1.54) is 15.6 Å². The second kappa shape index (κ2) is 5.44. The highest BCUT2D eigenvalue weighted by molar-refractivity contribution is 7.11. The molecule has 2 heterocycles. The van der Waals surface area contributed by atoms with Crippen LogP contribution >= 0.6 is 11.3 Å². The van der Waals surface area contributed by atoms with E-state index < -0.39 is 0 Å². The van der Waals surface area contributed by atoms with Gasteiger partial charge in [-0.2, -0.15) is 0 Å². The summed E-state index contributed by atoms with van der Waals surface area (Å²) in [6.45, 7) is 6.09. The van der Waals surface area contributed by atoms with Crippen LogP contribution in [0.2, 0.25) is 0 Å². The number of likely N-dealkylation sites (N-methyl/N-ethyl adjacent to an activating group) is 2. The zero-order chi connectivity index (χ0) is 12.4. The zero-order valence-electron chi connectivity index (χ0n) is 10.9. The molecule has 0 aromatic carbocycles. The van der Waals surface area contributed by atoms with Crippen molar-refractivity contribution in [3.63, 3.8) is 0 Å². The third kappa shape index (κ3) is 2.68. The SMILES string of the molecule is CCc1nc(C2CN(C)CCN2C)sc1CN. The van der Waals surface area contributed by atoms with Gasteiger partial charge in [0.1, 0.15) is 5.01 Å². The topological polar surface area (TPSA) is 45.4 Å². The molecule has 1 aliphatic heterocycles. The van der Waals surface area contributed by atoms with Crippen LogP contribution in [0.3, 0.4) is 0 Å². The van der Waals surface area contributed by atoms with E-state index in [4.69, 9.17) is 10.7 Å². The maximum Gasteiger partial charge on any atom is 0.112 e. The lowest BCUT2D eigenvalue weighted by atomic mass is 10.2. The number of nitrogens with zero attached hydrogens (tertiary/aromatic N) is 3. The van der Waals surface area contributed by atoms with Gasteiger partial charge in [-0.15, -0.1) is 11.3 Å². The standard InChI is InChI=1S/C12H22N4S/c1-4-9-11(7-13)17-12(14-9)10-8-15(2)5-6-16(10)3/h10H,4-8,13H2,1-3H3. The van der Waals surface area contributed by atoms with E-state index in [1.54, 1.807) is 11.3 Å². The fourth-order valence-electron chi connectivity index (χ4n) is 2.26. The summed E-state index contributed by atoms with van der Waals surface area (Å²) in [4.78, 5) is 10.8. The number of piperazine rings is 1. The van der Waals surface area contributed by atoms with Gasteiger partial charge in [0.25, 0.3) is 0 Å². The Kier molecular flexibility index (Phi) is 4.14. The van der Waals surface area contributed by atoms with E-state index >= 15 is 0 Å². The first-order valence-electron chi connectivity index (χ1n) is 6.23. The second-order valence-corrected chi connectivity index (χ2v) is 5.85. The van der Waals surface area contributed by atoms with E-state index in [0.29, 0.717) is 12.6 Å².